The number of ether oxygens (including phenoxy) is 2. The minimum atomic E-state index is -0.0596. The first-order valence-corrected chi connectivity index (χ1v) is 22.9. The number of rotatable bonds is 34. The maximum Gasteiger partial charge on any atom is 0.307 e. The predicted octanol–water partition coefficient (Wildman–Crippen LogP) is 9.58. The van der Waals surface area contributed by atoms with Crippen molar-refractivity contribution in [3.05, 3.63) is 18.7 Å². The van der Waals surface area contributed by atoms with Gasteiger partial charge in [-0.05, 0) is 91.4 Å². The average Bonchev–Trinajstić information content (AvgIpc) is 4.05. The lowest BCUT2D eigenvalue weighted by Gasteiger charge is -2.38. The number of aryl methyl sites for hydroxylation is 1. The Morgan fingerprint density at radius 3 is 1.98 bits per heavy atom. The molecule has 0 amide bonds. The normalized spacial score (nSPS) is 28.3. The molecule has 0 aliphatic heterocycles. The molecule has 1 aromatic rings. The fourth-order valence-corrected chi connectivity index (χ4v) is 11.4. The van der Waals surface area contributed by atoms with Crippen LogP contribution in [0.5, 0.6) is 0 Å². The van der Waals surface area contributed by atoms with Gasteiger partial charge in [-0.3, -0.25) is 9.59 Å². The number of unbranched alkanes of at least 4 members (excludes halogenated alkanes) is 16. The highest BCUT2D eigenvalue weighted by molar-refractivity contribution is 7.99. The Kier molecular flexibility index (Phi) is 15.5. The van der Waals surface area contributed by atoms with Gasteiger partial charge >= 0.3 is 11.9 Å². The van der Waals surface area contributed by atoms with E-state index >= 15 is 0 Å². The van der Waals surface area contributed by atoms with E-state index in [2.05, 4.69) is 21.4 Å². The van der Waals surface area contributed by atoms with Crippen LogP contribution in [0.4, 0.5) is 0 Å². The summed E-state index contributed by atoms with van der Waals surface area (Å²) in [4.78, 5) is 31.7. The molecule has 0 N–H and O–H groups in total. The maximum absolute atomic E-state index is 12.5. The Hall–Kier alpha value is -1.54. The van der Waals surface area contributed by atoms with Crippen molar-refractivity contribution in [2.24, 2.45) is 46.8 Å². The molecule has 4 unspecified atom stereocenters. The van der Waals surface area contributed by atoms with Crippen LogP contribution in [0.1, 0.15) is 142 Å². The van der Waals surface area contributed by atoms with Crippen LogP contribution in [-0.4, -0.2) is 70.7 Å². The van der Waals surface area contributed by atoms with Crippen LogP contribution in [0.15, 0.2) is 18.7 Å². The van der Waals surface area contributed by atoms with E-state index in [1.807, 2.05) is 30.5 Å². The molecule has 7 nitrogen and oxygen atoms in total. The standard InChI is InChI=1S/C43H71N3O4S/c1-2-3-4-5-6-7-8-9-10-13-16-19-30-51-31-29-50-34(47)21-26-45(24-20-25-46-27-22-44-33-46)23-17-14-11-12-15-18-28-49-35(48)32-43-40-37-36(38(37)40)39-41(43)42(39)43/h22,27,33,36-42H,2-21,23-26,28-32H2,1H3. The fourth-order valence-electron chi connectivity index (χ4n) is 10.6. The summed E-state index contributed by atoms with van der Waals surface area (Å²) in [6, 6.07) is 0. The maximum atomic E-state index is 12.5. The molecule has 6 aliphatic carbocycles. The third kappa shape index (κ3) is 11.0. The number of esters is 2. The molecular weight excluding hydrogens is 655 g/mol. The summed E-state index contributed by atoms with van der Waals surface area (Å²) in [5.41, 5.74) is 0.448. The van der Waals surface area contributed by atoms with Gasteiger partial charge in [0.2, 0.25) is 0 Å². The van der Waals surface area contributed by atoms with Crippen molar-refractivity contribution >= 4 is 23.7 Å². The van der Waals surface area contributed by atoms with Crippen molar-refractivity contribution in [1.82, 2.24) is 14.5 Å². The molecule has 6 fully saturated rings. The minimum absolute atomic E-state index is 0.0596. The molecule has 7 rings (SSSR count). The second-order valence-corrected chi connectivity index (χ2v) is 18.2. The molecule has 4 atom stereocenters. The number of imidazole rings is 1. The summed E-state index contributed by atoms with van der Waals surface area (Å²) < 4.78 is 13.4. The highest BCUT2D eigenvalue weighted by Crippen LogP contribution is 3.06. The van der Waals surface area contributed by atoms with Crippen LogP contribution in [0, 0.1) is 46.8 Å². The molecule has 0 saturated heterocycles. The molecule has 288 valence electrons. The van der Waals surface area contributed by atoms with Crippen LogP contribution in [0.2, 0.25) is 0 Å². The molecule has 0 radical (unpaired) electrons. The summed E-state index contributed by atoms with van der Waals surface area (Å²) >= 11 is 1.93. The van der Waals surface area contributed by atoms with E-state index in [1.54, 1.807) is 0 Å². The summed E-state index contributed by atoms with van der Waals surface area (Å²) in [6.07, 6.45) is 31.5. The molecule has 8 heteroatoms. The van der Waals surface area contributed by atoms with Crippen molar-refractivity contribution in [1.29, 1.82) is 0 Å². The zero-order valence-corrected chi connectivity index (χ0v) is 33.0. The second kappa shape index (κ2) is 20.2. The van der Waals surface area contributed by atoms with Crippen molar-refractivity contribution in [3.8, 4) is 0 Å². The summed E-state index contributed by atoms with van der Waals surface area (Å²) in [6.45, 7) is 7.15. The smallest absolute Gasteiger partial charge is 0.307 e. The molecule has 6 aliphatic rings. The number of hydrogen-bond acceptors (Lipinski definition) is 7. The number of aromatic nitrogens is 2. The summed E-state index contributed by atoms with van der Waals surface area (Å²) in [5.74, 6) is 9.16. The number of carbonyl (C=O) groups is 2. The Bertz CT molecular complexity index is 1160. The van der Waals surface area contributed by atoms with Crippen molar-refractivity contribution in [2.45, 2.75) is 148 Å². The molecule has 1 heterocycles. The quantitative estimate of drug-likeness (QED) is 0.0518. The average molecular weight is 726 g/mol. The van der Waals surface area contributed by atoms with Gasteiger partial charge in [0, 0.05) is 31.2 Å². The van der Waals surface area contributed by atoms with E-state index < -0.39 is 0 Å². The number of carbonyl (C=O) groups excluding carboxylic acids is 2. The van der Waals surface area contributed by atoms with Crippen LogP contribution < -0.4 is 0 Å². The van der Waals surface area contributed by atoms with Crippen LogP contribution in [0.3, 0.4) is 0 Å². The SMILES string of the molecule is CCCCCCCCCCCCCCSCCOC(=O)CCN(CCCCCCCCOC(=O)CC12C3C4C(C43)C3C1C32)CCCn1ccnc1. The van der Waals surface area contributed by atoms with Crippen LogP contribution in [0.25, 0.3) is 0 Å². The topological polar surface area (TPSA) is 73.7 Å². The summed E-state index contributed by atoms with van der Waals surface area (Å²) in [7, 11) is 0. The van der Waals surface area contributed by atoms with Gasteiger partial charge in [0.25, 0.3) is 0 Å². The lowest BCUT2D eigenvalue weighted by molar-refractivity contribution is -0.148. The summed E-state index contributed by atoms with van der Waals surface area (Å²) in [5, 5.41) is 0. The first-order chi connectivity index (χ1) is 25.2. The fraction of sp³-hybridized carbons (Fsp3) is 0.884. The Balaban J connectivity index is 0.718. The van der Waals surface area contributed by atoms with Crippen LogP contribution >= 0.6 is 11.8 Å². The van der Waals surface area contributed by atoms with Gasteiger partial charge in [-0.15, -0.1) is 0 Å². The van der Waals surface area contributed by atoms with E-state index in [0.29, 0.717) is 25.0 Å². The molecule has 2 bridgehead atoms. The van der Waals surface area contributed by atoms with E-state index in [4.69, 9.17) is 9.47 Å². The third-order valence-corrected chi connectivity index (χ3v) is 14.5. The van der Waals surface area contributed by atoms with E-state index in [0.717, 1.165) is 105 Å². The third-order valence-electron chi connectivity index (χ3n) is 13.5. The number of nitrogens with zero attached hydrogens (tertiary/aromatic N) is 3. The van der Waals surface area contributed by atoms with Gasteiger partial charge in [-0.1, -0.05) is 103 Å². The Morgan fingerprint density at radius 1 is 0.667 bits per heavy atom. The zero-order valence-electron chi connectivity index (χ0n) is 32.2. The van der Waals surface area contributed by atoms with E-state index in [9.17, 15) is 9.59 Å². The van der Waals surface area contributed by atoms with Gasteiger partial charge in [0.15, 0.2) is 0 Å². The molecule has 1 aromatic heterocycles. The Labute approximate surface area is 314 Å². The molecule has 0 spiro atoms. The molecule has 51 heavy (non-hydrogen) atoms. The molecular formula is C43H71N3O4S. The van der Waals surface area contributed by atoms with Gasteiger partial charge in [-0.2, -0.15) is 11.8 Å². The second-order valence-electron chi connectivity index (χ2n) is 17.0. The lowest BCUT2D eigenvalue weighted by Crippen LogP contribution is -2.37. The number of thioether (sulfide) groups is 1. The van der Waals surface area contributed by atoms with Crippen molar-refractivity contribution in [2.75, 3.05) is 44.4 Å². The minimum Gasteiger partial charge on any atom is -0.466 e. The van der Waals surface area contributed by atoms with E-state index in [1.165, 1.54) is 102 Å². The first-order valence-electron chi connectivity index (χ1n) is 21.7. The highest BCUT2D eigenvalue weighted by atomic mass is 32.2. The number of hydrogen-bond donors (Lipinski definition) is 0. The lowest BCUT2D eigenvalue weighted by atomic mass is 9.66. The van der Waals surface area contributed by atoms with E-state index in [-0.39, 0.29) is 11.9 Å². The van der Waals surface area contributed by atoms with Gasteiger partial charge in [0.1, 0.15) is 6.61 Å². The molecule has 6 saturated carbocycles. The van der Waals surface area contributed by atoms with Gasteiger partial charge in [0.05, 0.1) is 25.8 Å². The first kappa shape index (κ1) is 39.2. The van der Waals surface area contributed by atoms with Crippen molar-refractivity contribution < 1.29 is 19.1 Å². The molecule has 0 aromatic carbocycles. The van der Waals surface area contributed by atoms with Crippen LogP contribution in [-0.2, 0) is 25.6 Å². The Morgan fingerprint density at radius 2 is 1.29 bits per heavy atom. The van der Waals surface area contributed by atoms with Gasteiger partial charge in [-0.25, -0.2) is 4.98 Å². The predicted molar refractivity (Wildman–Crippen MR) is 207 cm³/mol. The monoisotopic (exact) mass is 726 g/mol. The largest absolute Gasteiger partial charge is 0.466 e. The van der Waals surface area contributed by atoms with Crippen molar-refractivity contribution in [3.63, 3.8) is 0 Å². The van der Waals surface area contributed by atoms with Gasteiger partial charge < -0.3 is 18.9 Å². The zero-order chi connectivity index (χ0) is 35.3. The highest BCUT2D eigenvalue weighted by Gasteiger charge is 3.04.